The van der Waals surface area contributed by atoms with Crippen molar-refractivity contribution >= 4 is 22.9 Å². The average Bonchev–Trinajstić information content (AvgIpc) is 2.85. The molecule has 0 bridgehead atoms. The fraction of sp³-hybridized carbons (Fsp3) is 0.429. The van der Waals surface area contributed by atoms with Gasteiger partial charge in [0, 0.05) is 22.8 Å². The van der Waals surface area contributed by atoms with Crippen molar-refractivity contribution < 1.29 is 23.3 Å². The van der Waals surface area contributed by atoms with Crippen LogP contribution in [0.5, 0.6) is 0 Å². The lowest BCUT2D eigenvalue weighted by Gasteiger charge is -2.19. The van der Waals surface area contributed by atoms with E-state index in [-0.39, 0.29) is 13.3 Å². The molecule has 1 amide bonds. The zero-order valence-corrected chi connectivity index (χ0v) is 12.5. The molecule has 2 atom stereocenters. The zero-order chi connectivity index (χ0) is 15.2. The number of benzene rings is 1. The highest BCUT2D eigenvalue weighted by molar-refractivity contribution is 7.84. The largest absolute Gasteiger partial charge is 0.444 e. The number of nitrogens with zero attached hydrogens (tertiary/aromatic N) is 1. The van der Waals surface area contributed by atoms with Gasteiger partial charge in [-0.05, 0) is 12.0 Å². The topological polar surface area (TPSA) is 72.9 Å². The summed E-state index contributed by atoms with van der Waals surface area (Å²) in [5.41, 5.74) is 0.864. The smallest absolute Gasteiger partial charge is 0.413 e. The van der Waals surface area contributed by atoms with Crippen molar-refractivity contribution in [3.63, 3.8) is 0 Å². The van der Waals surface area contributed by atoms with E-state index >= 15 is 0 Å². The molecule has 21 heavy (non-hydrogen) atoms. The Morgan fingerprint density at radius 2 is 2.14 bits per heavy atom. The molecule has 0 N–H and O–H groups in total. The maximum absolute atomic E-state index is 12.0. The van der Waals surface area contributed by atoms with Crippen molar-refractivity contribution in [1.82, 2.24) is 4.90 Å². The second-order valence-electron chi connectivity index (χ2n) is 4.68. The van der Waals surface area contributed by atoms with Gasteiger partial charge in [0.1, 0.15) is 12.6 Å². The maximum atomic E-state index is 12.0. The van der Waals surface area contributed by atoms with E-state index in [1.54, 1.807) is 6.26 Å². The van der Waals surface area contributed by atoms with E-state index in [1.807, 2.05) is 30.3 Å². The van der Waals surface area contributed by atoms with Gasteiger partial charge in [0.25, 0.3) is 0 Å². The molecular formula is C14H17NO5S. The predicted octanol–water partition coefficient (Wildman–Crippen LogP) is 1.28. The minimum Gasteiger partial charge on any atom is -0.444 e. The number of carbonyl (C=O) groups is 2. The molecular weight excluding hydrogens is 294 g/mol. The molecule has 1 saturated heterocycles. The van der Waals surface area contributed by atoms with Crippen LogP contribution < -0.4 is 0 Å². The maximum Gasteiger partial charge on any atom is 0.413 e. The van der Waals surface area contributed by atoms with Crippen LogP contribution in [0.4, 0.5) is 4.79 Å². The Morgan fingerprint density at radius 3 is 2.81 bits per heavy atom. The summed E-state index contributed by atoms with van der Waals surface area (Å²) in [6.45, 7) is 0.0181. The monoisotopic (exact) mass is 311 g/mol. The molecule has 1 fully saturated rings. The first-order valence-corrected chi connectivity index (χ1v) is 8.24. The summed E-state index contributed by atoms with van der Waals surface area (Å²) >= 11 is 0. The van der Waals surface area contributed by atoms with Crippen molar-refractivity contribution in [2.24, 2.45) is 0 Å². The number of hydrogen-bond donors (Lipinski definition) is 0. The number of hydrogen-bond acceptors (Lipinski definition) is 5. The molecule has 1 aliphatic heterocycles. The van der Waals surface area contributed by atoms with Gasteiger partial charge in [-0.25, -0.2) is 9.59 Å². The van der Waals surface area contributed by atoms with Crippen molar-refractivity contribution in [3.05, 3.63) is 35.9 Å². The van der Waals surface area contributed by atoms with Gasteiger partial charge >= 0.3 is 12.1 Å². The first-order chi connectivity index (χ1) is 10.1. The second-order valence-corrected chi connectivity index (χ2v) is 6.24. The van der Waals surface area contributed by atoms with Crippen LogP contribution in [0, 0.1) is 0 Å². The van der Waals surface area contributed by atoms with Crippen LogP contribution in [-0.4, -0.2) is 46.0 Å². The lowest BCUT2D eigenvalue weighted by atomic mass is 10.2. The number of amides is 1. The van der Waals surface area contributed by atoms with Crippen LogP contribution in [0.1, 0.15) is 12.0 Å². The van der Waals surface area contributed by atoms with Crippen LogP contribution in [0.25, 0.3) is 0 Å². The normalized spacial score (nSPS) is 19.2. The summed E-state index contributed by atoms with van der Waals surface area (Å²) in [4.78, 5) is 24.9. The highest BCUT2D eigenvalue weighted by Gasteiger charge is 2.38. The van der Waals surface area contributed by atoms with Gasteiger partial charge in [0.15, 0.2) is 6.73 Å². The van der Waals surface area contributed by atoms with Gasteiger partial charge in [-0.15, -0.1) is 0 Å². The summed E-state index contributed by atoms with van der Waals surface area (Å²) in [6.07, 6.45) is 1.26. The Hall–Kier alpha value is -1.89. The quantitative estimate of drug-likeness (QED) is 0.766. The van der Waals surface area contributed by atoms with E-state index in [2.05, 4.69) is 0 Å². The van der Waals surface area contributed by atoms with E-state index in [1.165, 1.54) is 4.90 Å². The van der Waals surface area contributed by atoms with Crippen molar-refractivity contribution in [2.45, 2.75) is 19.1 Å². The van der Waals surface area contributed by atoms with Crippen LogP contribution in [0.15, 0.2) is 30.3 Å². The molecule has 0 aliphatic carbocycles. The number of rotatable bonds is 5. The minimum absolute atomic E-state index is 0.118. The van der Waals surface area contributed by atoms with E-state index in [9.17, 15) is 13.8 Å². The molecule has 7 heteroatoms. The third-order valence-corrected chi connectivity index (χ3v) is 3.92. The first kappa shape index (κ1) is 15.5. The number of ether oxygens (including phenoxy) is 2. The van der Waals surface area contributed by atoms with E-state index in [4.69, 9.17) is 9.47 Å². The van der Waals surface area contributed by atoms with Gasteiger partial charge in [-0.3, -0.25) is 9.11 Å². The molecule has 0 saturated carbocycles. The lowest BCUT2D eigenvalue weighted by molar-refractivity contribution is -0.139. The standard InChI is InChI=1S/C14H17NO5S/c1-21(18)8-7-12-13(16)20-10-15(12)14(17)19-9-11-5-3-2-4-6-11/h2-6,12H,7-10H2,1H3/t12-,21?/m0/s1. The third-order valence-electron chi connectivity index (χ3n) is 3.11. The molecule has 0 aromatic heterocycles. The zero-order valence-electron chi connectivity index (χ0n) is 11.7. The first-order valence-electron chi connectivity index (χ1n) is 6.52. The Balaban J connectivity index is 1.91. The van der Waals surface area contributed by atoms with Gasteiger partial charge in [0.2, 0.25) is 0 Å². The molecule has 114 valence electrons. The third kappa shape index (κ3) is 4.29. The SMILES string of the molecule is CS(=O)CC[C@H]1C(=O)OCN1C(=O)OCc1ccccc1. The molecule has 1 aliphatic rings. The predicted molar refractivity (Wildman–Crippen MR) is 76.8 cm³/mol. The van der Waals surface area contributed by atoms with Crippen molar-refractivity contribution in [3.8, 4) is 0 Å². The number of carbonyl (C=O) groups excluding carboxylic acids is 2. The molecule has 1 heterocycles. The number of esters is 1. The summed E-state index contributed by atoms with van der Waals surface area (Å²) in [5, 5.41) is 0. The Labute approximate surface area is 125 Å². The fourth-order valence-corrected chi connectivity index (χ4v) is 2.54. The van der Waals surface area contributed by atoms with E-state index < -0.39 is 28.9 Å². The van der Waals surface area contributed by atoms with E-state index in [0.29, 0.717) is 12.2 Å². The number of cyclic esters (lactones) is 1. The molecule has 1 aromatic carbocycles. The Bertz CT molecular complexity index is 533. The van der Waals surface area contributed by atoms with Crippen LogP contribution in [0.2, 0.25) is 0 Å². The highest BCUT2D eigenvalue weighted by Crippen LogP contribution is 2.17. The minimum atomic E-state index is -1.02. The lowest BCUT2D eigenvalue weighted by Crippen LogP contribution is -2.39. The van der Waals surface area contributed by atoms with Crippen LogP contribution in [0.3, 0.4) is 0 Å². The highest BCUT2D eigenvalue weighted by atomic mass is 32.2. The van der Waals surface area contributed by atoms with Gasteiger partial charge < -0.3 is 9.47 Å². The molecule has 0 radical (unpaired) electrons. The van der Waals surface area contributed by atoms with E-state index in [0.717, 1.165) is 5.56 Å². The average molecular weight is 311 g/mol. The summed E-state index contributed by atoms with van der Waals surface area (Å²) < 4.78 is 21.2. The Kier molecular flexibility index (Phi) is 5.32. The molecule has 6 nitrogen and oxygen atoms in total. The van der Waals surface area contributed by atoms with Crippen LogP contribution >= 0.6 is 0 Å². The van der Waals surface area contributed by atoms with Crippen LogP contribution in [-0.2, 0) is 31.7 Å². The van der Waals surface area contributed by atoms with Gasteiger partial charge in [0.05, 0.1) is 0 Å². The van der Waals surface area contributed by atoms with Gasteiger partial charge in [-0.1, -0.05) is 30.3 Å². The molecule has 1 unspecified atom stereocenters. The second kappa shape index (κ2) is 7.21. The summed E-state index contributed by atoms with van der Waals surface area (Å²) in [7, 11) is -1.02. The molecule has 0 spiro atoms. The van der Waals surface area contributed by atoms with Crippen molar-refractivity contribution in [1.29, 1.82) is 0 Å². The van der Waals surface area contributed by atoms with Crippen molar-refractivity contribution in [2.75, 3.05) is 18.7 Å². The Morgan fingerprint density at radius 1 is 1.43 bits per heavy atom. The molecule has 2 rings (SSSR count). The fourth-order valence-electron chi connectivity index (χ4n) is 1.98. The summed E-state index contributed by atoms with van der Waals surface area (Å²) in [5.74, 6) is -0.139. The summed E-state index contributed by atoms with van der Waals surface area (Å²) in [6, 6.07) is 8.56. The van der Waals surface area contributed by atoms with Gasteiger partial charge in [-0.2, -0.15) is 0 Å². The molecule has 1 aromatic rings.